The average Bonchev–Trinajstić information content (AvgIpc) is 3.72. The normalized spacial score (nSPS) is 14.2. The van der Waals surface area contributed by atoms with Gasteiger partial charge in [0.2, 0.25) is 0 Å². The van der Waals surface area contributed by atoms with Crippen molar-refractivity contribution in [2.75, 3.05) is 11.1 Å². The molecule has 2 amide bonds. The van der Waals surface area contributed by atoms with Crippen LogP contribution in [-0.4, -0.2) is 35.3 Å². The molecule has 10 nitrogen and oxygen atoms in total. The number of anilines is 2. The summed E-state index contributed by atoms with van der Waals surface area (Å²) in [4.78, 5) is 26.8. The van der Waals surface area contributed by atoms with Crippen LogP contribution >= 0.6 is 0 Å². The van der Waals surface area contributed by atoms with Gasteiger partial charge in [-0.1, -0.05) is 24.3 Å². The second-order valence-corrected chi connectivity index (χ2v) is 9.61. The lowest BCUT2D eigenvalue weighted by molar-refractivity contribution is 0.248. The number of aromatic nitrogens is 6. The first kappa shape index (κ1) is 23.6. The zero-order valence-corrected chi connectivity index (χ0v) is 21.4. The number of hydrogen-bond acceptors (Lipinski definition) is 6. The van der Waals surface area contributed by atoms with Crippen molar-refractivity contribution < 1.29 is 4.79 Å². The fraction of sp³-hybridized carbons (Fsp3) is 0.100. The summed E-state index contributed by atoms with van der Waals surface area (Å²) < 4.78 is 3.73. The summed E-state index contributed by atoms with van der Waals surface area (Å²) in [6.45, 7) is 0. The van der Waals surface area contributed by atoms with Gasteiger partial charge in [0.25, 0.3) is 0 Å². The van der Waals surface area contributed by atoms with E-state index in [1.807, 2.05) is 77.5 Å². The number of urea groups is 1. The average molecular weight is 528 g/mol. The molecule has 40 heavy (non-hydrogen) atoms. The Balaban J connectivity index is 1.28. The van der Waals surface area contributed by atoms with E-state index in [1.165, 1.54) is 0 Å². The number of nitrogens with one attached hydrogen (secondary N) is 2. The van der Waals surface area contributed by atoms with Crippen molar-refractivity contribution >= 4 is 28.7 Å². The molecule has 0 bridgehead atoms. The first-order valence-electron chi connectivity index (χ1n) is 13.0. The summed E-state index contributed by atoms with van der Waals surface area (Å²) in [7, 11) is 0. The number of nitrogen functional groups attached to an aromatic ring is 1. The minimum Gasteiger partial charge on any atom is -0.383 e. The molecule has 6 aromatic rings. The molecule has 7 rings (SSSR count). The van der Waals surface area contributed by atoms with Gasteiger partial charge in [-0.05, 0) is 78.6 Å². The van der Waals surface area contributed by atoms with Crippen LogP contribution in [0.3, 0.4) is 0 Å². The summed E-state index contributed by atoms with van der Waals surface area (Å²) in [5.74, 6) is 1.72. The van der Waals surface area contributed by atoms with Gasteiger partial charge in [0.1, 0.15) is 11.3 Å². The number of imidazole rings is 1. The van der Waals surface area contributed by atoms with Gasteiger partial charge in [0.05, 0.1) is 11.6 Å². The van der Waals surface area contributed by atoms with Crippen molar-refractivity contribution in [3.05, 3.63) is 109 Å². The zero-order chi connectivity index (χ0) is 27.1. The Morgan fingerprint density at radius 3 is 2.67 bits per heavy atom. The molecular weight excluding hydrogens is 502 g/mol. The highest BCUT2D eigenvalue weighted by atomic mass is 16.2. The Labute approximate surface area is 229 Å². The lowest BCUT2D eigenvalue weighted by Crippen LogP contribution is -2.31. The third kappa shape index (κ3) is 4.21. The van der Waals surface area contributed by atoms with Gasteiger partial charge < -0.3 is 16.4 Å². The van der Waals surface area contributed by atoms with E-state index in [0.717, 1.165) is 46.4 Å². The van der Waals surface area contributed by atoms with E-state index in [9.17, 15) is 4.79 Å². The zero-order valence-electron chi connectivity index (χ0n) is 21.4. The Bertz CT molecular complexity index is 1840. The molecule has 4 aromatic heterocycles. The van der Waals surface area contributed by atoms with Gasteiger partial charge in [-0.15, -0.1) is 0 Å². The third-order valence-corrected chi connectivity index (χ3v) is 7.11. The highest BCUT2D eigenvalue weighted by Gasteiger charge is 2.26. The van der Waals surface area contributed by atoms with Crippen LogP contribution in [0, 0.1) is 0 Å². The van der Waals surface area contributed by atoms with Crippen LogP contribution in [0.5, 0.6) is 0 Å². The van der Waals surface area contributed by atoms with Crippen molar-refractivity contribution in [3.63, 3.8) is 0 Å². The number of rotatable bonds is 5. The number of benzene rings is 2. The van der Waals surface area contributed by atoms with Gasteiger partial charge in [-0.25, -0.2) is 24.4 Å². The number of hydrogen-bond donors (Lipinski definition) is 3. The maximum atomic E-state index is 12.7. The summed E-state index contributed by atoms with van der Waals surface area (Å²) in [5.41, 5.74) is 12.3. The Morgan fingerprint density at radius 1 is 0.950 bits per heavy atom. The van der Waals surface area contributed by atoms with Crippen molar-refractivity contribution in [2.24, 2.45) is 0 Å². The predicted molar refractivity (Wildman–Crippen MR) is 153 cm³/mol. The molecule has 4 heterocycles. The van der Waals surface area contributed by atoms with Crippen LogP contribution in [-0.2, 0) is 6.42 Å². The first-order valence-corrected chi connectivity index (χ1v) is 13.0. The van der Waals surface area contributed by atoms with Gasteiger partial charge in [0, 0.05) is 30.0 Å². The van der Waals surface area contributed by atoms with Crippen LogP contribution < -0.4 is 16.4 Å². The fourth-order valence-corrected chi connectivity index (χ4v) is 5.25. The van der Waals surface area contributed by atoms with E-state index in [2.05, 4.69) is 32.8 Å². The van der Waals surface area contributed by atoms with E-state index in [0.29, 0.717) is 23.1 Å². The van der Waals surface area contributed by atoms with E-state index >= 15 is 0 Å². The molecule has 1 unspecified atom stereocenters. The number of carbonyl (C=O) groups is 1. The Kier molecular flexibility index (Phi) is 5.70. The van der Waals surface area contributed by atoms with E-state index in [1.54, 1.807) is 17.1 Å². The van der Waals surface area contributed by atoms with Crippen molar-refractivity contribution in [1.29, 1.82) is 0 Å². The topological polar surface area (TPSA) is 129 Å². The SMILES string of the molecule is Nc1ncccc1-c1nc2ccc(-n3cccn3)nc2n1-c1ccc2c(c1)CCC2NC(=O)Nc1ccccc1. The maximum absolute atomic E-state index is 12.7. The summed E-state index contributed by atoms with van der Waals surface area (Å²) in [5, 5.41) is 10.4. The van der Waals surface area contributed by atoms with Crippen LogP contribution in [0.4, 0.5) is 16.3 Å². The van der Waals surface area contributed by atoms with Gasteiger partial charge in [-0.2, -0.15) is 5.10 Å². The van der Waals surface area contributed by atoms with Crippen molar-refractivity contribution in [3.8, 4) is 22.9 Å². The smallest absolute Gasteiger partial charge is 0.319 e. The monoisotopic (exact) mass is 527 g/mol. The molecule has 1 aliphatic carbocycles. The largest absolute Gasteiger partial charge is 0.383 e. The second-order valence-electron chi connectivity index (χ2n) is 9.61. The van der Waals surface area contributed by atoms with Gasteiger partial charge >= 0.3 is 6.03 Å². The van der Waals surface area contributed by atoms with E-state index in [4.69, 9.17) is 15.7 Å². The Hall–Kier alpha value is -5.51. The maximum Gasteiger partial charge on any atom is 0.319 e. The molecular formula is C30H25N9O. The molecule has 196 valence electrons. The number of amides is 2. The number of carbonyl (C=O) groups excluding carboxylic acids is 1. The summed E-state index contributed by atoms with van der Waals surface area (Å²) in [6, 6.07) is 24.8. The highest BCUT2D eigenvalue weighted by Crippen LogP contribution is 2.36. The van der Waals surface area contributed by atoms with E-state index < -0.39 is 0 Å². The fourth-order valence-electron chi connectivity index (χ4n) is 5.25. The molecule has 0 spiro atoms. The predicted octanol–water partition coefficient (Wildman–Crippen LogP) is 5.06. The number of aryl methyl sites for hydroxylation is 1. The molecule has 0 fully saturated rings. The Morgan fingerprint density at radius 2 is 1.85 bits per heavy atom. The minimum atomic E-state index is -0.224. The van der Waals surface area contributed by atoms with Crippen LogP contribution in [0.1, 0.15) is 23.6 Å². The number of fused-ring (bicyclic) bond motifs is 2. The van der Waals surface area contributed by atoms with E-state index in [-0.39, 0.29) is 12.1 Å². The first-order chi connectivity index (χ1) is 19.6. The standard InChI is InChI=1S/C30H25N9O/c31-27-23(8-4-15-32-27)28-35-25-13-14-26(38-17-5-16-33-38)37-29(25)39(28)21-10-11-22-19(18-21)9-12-24(22)36-30(40)34-20-6-2-1-3-7-20/h1-8,10-11,13-18,24H,9,12H2,(H2,31,32)(H2,34,36,40). The van der Waals surface area contributed by atoms with Crippen LogP contribution in [0.2, 0.25) is 0 Å². The molecule has 1 atom stereocenters. The molecule has 0 radical (unpaired) electrons. The highest BCUT2D eigenvalue weighted by molar-refractivity contribution is 5.89. The lowest BCUT2D eigenvalue weighted by Gasteiger charge is -2.16. The molecule has 4 N–H and O–H groups in total. The number of pyridine rings is 2. The minimum absolute atomic E-state index is 0.0784. The molecule has 1 aliphatic rings. The summed E-state index contributed by atoms with van der Waals surface area (Å²) in [6.07, 6.45) is 6.88. The number of para-hydroxylation sites is 1. The molecule has 2 aromatic carbocycles. The summed E-state index contributed by atoms with van der Waals surface area (Å²) >= 11 is 0. The quantitative estimate of drug-likeness (QED) is 0.288. The van der Waals surface area contributed by atoms with Gasteiger partial charge in [0.15, 0.2) is 17.3 Å². The molecule has 0 saturated carbocycles. The number of nitrogens with zero attached hydrogens (tertiary/aromatic N) is 6. The van der Waals surface area contributed by atoms with Gasteiger partial charge in [-0.3, -0.25) is 4.57 Å². The third-order valence-electron chi connectivity index (χ3n) is 7.11. The van der Waals surface area contributed by atoms with Crippen molar-refractivity contribution in [2.45, 2.75) is 18.9 Å². The number of nitrogens with two attached hydrogens (primary N) is 1. The van der Waals surface area contributed by atoms with Crippen LogP contribution in [0.15, 0.2) is 97.5 Å². The van der Waals surface area contributed by atoms with Crippen LogP contribution in [0.25, 0.3) is 34.1 Å². The second kappa shape index (κ2) is 9.66. The lowest BCUT2D eigenvalue weighted by atomic mass is 10.1. The molecule has 0 saturated heterocycles. The molecule has 0 aliphatic heterocycles. The van der Waals surface area contributed by atoms with Crippen molar-refractivity contribution in [1.82, 2.24) is 34.6 Å². The molecule has 10 heteroatoms.